The van der Waals surface area contributed by atoms with Crippen LogP contribution in [0.2, 0.25) is 0 Å². The molecule has 0 amide bonds. The Hall–Kier alpha value is -0.150. The highest BCUT2D eigenvalue weighted by Crippen LogP contribution is 2.29. The van der Waals surface area contributed by atoms with Crippen molar-refractivity contribution in [3.63, 3.8) is 0 Å². The van der Waals surface area contributed by atoms with Crippen LogP contribution in [-0.2, 0) is 0 Å². The van der Waals surface area contributed by atoms with Crippen LogP contribution >= 0.6 is 0 Å². The number of halogens is 1. The van der Waals surface area contributed by atoms with E-state index in [-0.39, 0.29) is 0 Å². The Morgan fingerprint density at radius 3 is 2.67 bits per heavy atom. The molecule has 2 fully saturated rings. The summed E-state index contributed by atoms with van der Waals surface area (Å²) in [7, 11) is 1.92. The standard InChI is InChI=1S/C9H17FN2/c1-11-8-4-7(10)5-12(6-8)9-2-3-9/h7-9,11H,2-6H2,1H3/t7-,8-/m1/s1. The summed E-state index contributed by atoms with van der Waals surface area (Å²) in [5, 5.41) is 3.17. The van der Waals surface area contributed by atoms with E-state index in [1.807, 2.05) is 7.05 Å². The molecule has 3 heteroatoms. The van der Waals surface area contributed by atoms with Crippen molar-refractivity contribution in [1.29, 1.82) is 0 Å². The van der Waals surface area contributed by atoms with E-state index in [0.29, 0.717) is 25.0 Å². The van der Waals surface area contributed by atoms with Gasteiger partial charge in [-0.2, -0.15) is 0 Å². The molecule has 0 radical (unpaired) electrons. The number of nitrogens with one attached hydrogen (secondary N) is 1. The molecule has 2 aliphatic rings. The number of likely N-dealkylation sites (tertiary alicyclic amines) is 1. The average molecular weight is 172 g/mol. The minimum Gasteiger partial charge on any atom is -0.316 e. The molecule has 2 atom stereocenters. The monoisotopic (exact) mass is 172 g/mol. The largest absolute Gasteiger partial charge is 0.316 e. The van der Waals surface area contributed by atoms with E-state index in [1.54, 1.807) is 0 Å². The highest BCUT2D eigenvalue weighted by atomic mass is 19.1. The molecule has 1 aliphatic heterocycles. The lowest BCUT2D eigenvalue weighted by Gasteiger charge is -2.34. The summed E-state index contributed by atoms with van der Waals surface area (Å²) in [6.07, 6.45) is 2.64. The fourth-order valence-electron chi connectivity index (χ4n) is 2.02. The van der Waals surface area contributed by atoms with E-state index in [2.05, 4.69) is 10.2 Å². The van der Waals surface area contributed by atoms with Gasteiger partial charge in [0.25, 0.3) is 0 Å². The van der Waals surface area contributed by atoms with Crippen LogP contribution in [0, 0.1) is 0 Å². The van der Waals surface area contributed by atoms with Gasteiger partial charge >= 0.3 is 0 Å². The molecule has 0 aromatic carbocycles. The quantitative estimate of drug-likeness (QED) is 0.662. The van der Waals surface area contributed by atoms with Crippen LogP contribution in [0.1, 0.15) is 19.3 Å². The third-order valence-electron chi connectivity index (χ3n) is 2.90. The van der Waals surface area contributed by atoms with E-state index in [0.717, 1.165) is 6.54 Å². The maximum absolute atomic E-state index is 13.2. The van der Waals surface area contributed by atoms with Crippen molar-refractivity contribution >= 4 is 0 Å². The highest BCUT2D eigenvalue weighted by molar-refractivity contribution is 4.92. The zero-order chi connectivity index (χ0) is 8.55. The minimum atomic E-state index is -0.614. The van der Waals surface area contributed by atoms with Gasteiger partial charge in [-0.1, -0.05) is 0 Å². The summed E-state index contributed by atoms with van der Waals surface area (Å²) in [6, 6.07) is 1.08. The van der Waals surface area contributed by atoms with Gasteiger partial charge in [-0.25, -0.2) is 4.39 Å². The number of nitrogens with zero attached hydrogens (tertiary/aromatic N) is 1. The molecule has 1 saturated carbocycles. The van der Waals surface area contributed by atoms with Crippen LogP contribution in [0.3, 0.4) is 0 Å². The maximum atomic E-state index is 13.2. The van der Waals surface area contributed by atoms with Crippen molar-refractivity contribution in [2.45, 2.75) is 37.5 Å². The van der Waals surface area contributed by atoms with Gasteiger partial charge in [-0.05, 0) is 26.3 Å². The molecule has 12 heavy (non-hydrogen) atoms. The van der Waals surface area contributed by atoms with Crippen molar-refractivity contribution < 1.29 is 4.39 Å². The molecular formula is C9H17FN2. The van der Waals surface area contributed by atoms with Gasteiger partial charge in [0.2, 0.25) is 0 Å². The predicted octanol–water partition coefficient (Wildman–Crippen LogP) is 0.781. The van der Waals surface area contributed by atoms with Crippen molar-refractivity contribution in [3.8, 4) is 0 Å². The molecule has 0 bridgehead atoms. The zero-order valence-electron chi connectivity index (χ0n) is 7.59. The normalized spacial score (nSPS) is 38.5. The second-order valence-corrected chi connectivity index (χ2v) is 4.00. The molecule has 1 N–H and O–H groups in total. The Morgan fingerprint density at radius 1 is 1.33 bits per heavy atom. The third-order valence-corrected chi connectivity index (χ3v) is 2.90. The van der Waals surface area contributed by atoms with Crippen LogP contribution in [-0.4, -0.2) is 43.3 Å². The van der Waals surface area contributed by atoms with Crippen molar-refractivity contribution in [2.24, 2.45) is 0 Å². The Labute approximate surface area is 73.1 Å². The van der Waals surface area contributed by atoms with Crippen LogP contribution in [0.25, 0.3) is 0 Å². The van der Waals surface area contributed by atoms with Gasteiger partial charge in [-0.15, -0.1) is 0 Å². The summed E-state index contributed by atoms with van der Waals surface area (Å²) in [5.41, 5.74) is 0. The van der Waals surface area contributed by atoms with E-state index in [1.165, 1.54) is 12.8 Å². The fourth-order valence-corrected chi connectivity index (χ4v) is 2.02. The van der Waals surface area contributed by atoms with Crippen molar-refractivity contribution in [3.05, 3.63) is 0 Å². The smallest absolute Gasteiger partial charge is 0.114 e. The number of hydrogen-bond donors (Lipinski definition) is 1. The molecule has 2 nitrogen and oxygen atoms in total. The van der Waals surface area contributed by atoms with Gasteiger partial charge in [0, 0.05) is 25.2 Å². The number of piperidine rings is 1. The SMILES string of the molecule is CN[C@@H]1C[C@@H](F)CN(C2CC2)C1. The number of rotatable bonds is 2. The first-order chi connectivity index (χ1) is 5.79. The van der Waals surface area contributed by atoms with Gasteiger partial charge in [-0.3, -0.25) is 4.90 Å². The van der Waals surface area contributed by atoms with E-state index in [4.69, 9.17) is 0 Å². The summed E-state index contributed by atoms with van der Waals surface area (Å²) < 4.78 is 13.2. The summed E-state index contributed by atoms with van der Waals surface area (Å²) >= 11 is 0. The molecule has 0 aromatic heterocycles. The molecule has 1 heterocycles. The lowest BCUT2D eigenvalue weighted by atomic mass is 10.0. The lowest BCUT2D eigenvalue weighted by Crippen LogP contribution is -2.49. The maximum Gasteiger partial charge on any atom is 0.114 e. The van der Waals surface area contributed by atoms with Crippen LogP contribution < -0.4 is 5.32 Å². The lowest BCUT2D eigenvalue weighted by molar-refractivity contribution is 0.108. The van der Waals surface area contributed by atoms with Gasteiger partial charge in [0.05, 0.1) is 0 Å². The first-order valence-corrected chi connectivity index (χ1v) is 4.85. The van der Waals surface area contributed by atoms with E-state index >= 15 is 0 Å². The molecule has 0 unspecified atom stereocenters. The van der Waals surface area contributed by atoms with E-state index in [9.17, 15) is 4.39 Å². The molecule has 70 valence electrons. The summed E-state index contributed by atoms with van der Waals surface area (Å²) in [4.78, 5) is 2.30. The third kappa shape index (κ3) is 1.77. The van der Waals surface area contributed by atoms with Gasteiger partial charge in [0.1, 0.15) is 6.17 Å². The van der Waals surface area contributed by atoms with Crippen molar-refractivity contribution in [1.82, 2.24) is 10.2 Å². The molecular weight excluding hydrogens is 155 g/mol. The van der Waals surface area contributed by atoms with Crippen LogP contribution in [0.5, 0.6) is 0 Å². The van der Waals surface area contributed by atoms with Gasteiger partial charge < -0.3 is 5.32 Å². The highest BCUT2D eigenvalue weighted by Gasteiger charge is 2.35. The Balaban J connectivity index is 1.88. The number of alkyl halides is 1. The Morgan fingerprint density at radius 2 is 2.08 bits per heavy atom. The summed E-state index contributed by atoms with van der Waals surface area (Å²) in [6.45, 7) is 1.71. The number of hydrogen-bond acceptors (Lipinski definition) is 2. The second-order valence-electron chi connectivity index (χ2n) is 4.00. The van der Waals surface area contributed by atoms with Gasteiger partial charge in [0.15, 0.2) is 0 Å². The molecule has 0 aromatic rings. The molecule has 2 rings (SSSR count). The van der Waals surface area contributed by atoms with Crippen LogP contribution in [0.15, 0.2) is 0 Å². The zero-order valence-corrected chi connectivity index (χ0v) is 7.59. The topological polar surface area (TPSA) is 15.3 Å². The summed E-state index contributed by atoms with van der Waals surface area (Å²) in [5.74, 6) is 0. The Bertz CT molecular complexity index is 159. The molecule has 1 aliphatic carbocycles. The first kappa shape index (κ1) is 8.45. The average Bonchev–Trinajstić information content (AvgIpc) is 2.85. The minimum absolute atomic E-state index is 0.370. The Kier molecular flexibility index (Phi) is 2.33. The molecule has 1 saturated heterocycles. The van der Waals surface area contributed by atoms with Crippen molar-refractivity contribution in [2.75, 3.05) is 20.1 Å². The van der Waals surface area contributed by atoms with Crippen LogP contribution in [0.4, 0.5) is 4.39 Å². The predicted molar refractivity (Wildman–Crippen MR) is 47.0 cm³/mol. The van der Waals surface area contributed by atoms with E-state index < -0.39 is 6.17 Å². The first-order valence-electron chi connectivity index (χ1n) is 4.85. The molecule has 0 spiro atoms. The second kappa shape index (κ2) is 3.30. The number of likely N-dealkylation sites (N-methyl/N-ethyl adjacent to an activating group) is 1. The fraction of sp³-hybridized carbons (Fsp3) is 1.00.